The molecule has 2 rings (SSSR count). The first kappa shape index (κ1) is 13.0. The molecule has 0 atom stereocenters. The Bertz CT molecular complexity index is 514. The molecule has 0 radical (unpaired) electrons. The Morgan fingerprint density at radius 1 is 1.33 bits per heavy atom. The van der Waals surface area contributed by atoms with E-state index in [-0.39, 0.29) is 0 Å². The molecule has 96 valence electrons. The summed E-state index contributed by atoms with van der Waals surface area (Å²) in [7, 11) is 1.95. The van der Waals surface area contributed by atoms with Crippen LogP contribution in [0.5, 0.6) is 0 Å². The molecule has 5 nitrogen and oxygen atoms in total. The molecule has 0 saturated heterocycles. The fourth-order valence-electron chi connectivity index (χ4n) is 1.59. The lowest BCUT2D eigenvalue weighted by molar-refractivity contribution is 0.297. The molecular formula is C12H15ClN4O. The van der Waals surface area contributed by atoms with Gasteiger partial charge < -0.3 is 10.2 Å². The van der Waals surface area contributed by atoms with E-state index in [9.17, 15) is 0 Å². The molecule has 0 aliphatic rings. The molecule has 1 heterocycles. The van der Waals surface area contributed by atoms with Crippen molar-refractivity contribution in [1.82, 2.24) is 15.1 Å². The molecular weight excluding hydrogens is 252 g/mol. The van der Waals surface area contributed by atoms with Crippen LogP contribution in [-0.2, 0) is 6.54 Å². The number of halogens is 1. The van der Waals surface area contributed by atoms with Gasteiger partial charge >= 0.3 is 0 Å². The molecule has 6 heteroatoms. The lowest BCUT2D eigenvalue weighted by atomic mass is 10.2. The van der Waals surface area contributed by atoms with Crippen molar-refractivity contribution in [1.29, 1.82) is 0 Å². The van der Waals surface area contributed by atoms with Gasteiger partial charge in [0.15, 0.2) is 0 Å². The van der Waals surface area contributed by atoms with Gasteiger partial charge in [0.2, 0.25) is 11.8 Å². The number of hydrogen-bond donors (Lipinski definition) is 1. The summed E-state index contributed by atoms with van der Waals surface area (Å²) in [5.41, 5.74) is 6.22. The SMILES string of the molecule is CN(CCN)Cc1nnc(-c2ccccc2Cl)o1. The highest BCUT2D eigenvalue weighted by Crippen LogP contribution is 2.26. The van der Waals surface area contributed by atoms with Gasteiger partial charge in [0, 0.05) is 13.1 Å². The number of benzene rings is 1. The van der Waals surface area contributed by atoms with Gasteiger partial charge in [-0.15, -0.1) is 10.2 Å². The number of rotatable bonds is 5. The molecule has 0 amide bonds. The van der Waals surface area contributed by atoms with Crippen molar-refractivity contribution in [3.8, 4) is 11.5 Å². The van der Waals surface area contributed by atoms with Crippen molar-refractivity contribution in [2.45, 2.75) is 6.54 Å². The van der Waals surface area contributed by atoms with Crippen molar-refractivity contribution >= 4 is 11.6 Å². The largest absolute Gasteiger partial charge is 0.419 e. The highest BCUT2D eigenvalue weighted by molar-refractivity contribution is 6.33. The van der Waals surface area contributed by atoms with Crippen molar-refractivity contribution in [2.24, 2.45) is 5.73 Å². The van der Waals surface area contributed by atoms with Gasteiger partial charge in [-0.1, -0.05) is 23.7 Å². The van der Waals surface area contributed by atoms with Crippen LogP contribution in [0.15, 0.2) is 28.7 Å². The van der Waals surface area contributed by atoms with Gasteiger partial charge in [-0.05, 0) is 19.2 Å². The molecule has 2 N–H and O–H groups in total. The highest BCUT2D eigenvalue weighted by atomic mass is 35.5. The summed E-state index contributed by atoms with van der Waals surface area (Å²) in [5.74, 6) is 0.998. The van der Waals surface area contributed by atoms with E-state index in [0.717, 1.165) is 12.1 Å². The van der Waals surface area contributed by atoms with Crippen LogP contribution < -0.4 is 5.73 Å². The Hall–Kier alpha value is -1.43. The molecule has 0 aliphatic carbocycles. The number of nitrogens with two attached hydrogens (primary N) is 1. The normalized spacial score (nSPS) is 11.1. The Kier molecular flexibility index (Phi) is 4.30. The van der Waals surface area contributed by atoms with Gasteiger partial charge in [-0.3, -0.25) is 4.90 Å². The van der Waals surface area contributed by atoms with Crippen LogP contribution in [0, 0.1) is 0 Å². The van der Waals surface area contributed by atoms with Crippen molar-refractivity contribution < 1.29 is 4.42 Å². The van der Waals surface area contributed by atoms with Crippen LogP contribution in [-0.4, -0.2) is 35.2 Å². The van der Waals surface area contributed by atoms with E-state index in [1.54, 1.807) is 6.07 Å². The van der Waals surface area contributed by atoms with E-state index in [1.807, 2.05) is 30.1 Å². The number of hydrogen-bond acceptors (Lipinski definition) is 5. The smallest absolute Gasteiger partial charge is 0.249 e. The van der Waals surface area contributed by atoms with E-state index in [4.69, 9.17) is 21.8 Å². The van der Waals surface area contributed by atoms with Gasteiger partial charge in [0.25, 0.3) is 0 Å². The van der Waals surface area contributed by atoms with E-state index in [2.05, 4.69) is 10.2 Å². The average molecular weight is 267 g/mol. The maximum absolute atomic E-state index is 6.07. The molecule has 18 heavy (non-hydrogen) atoms. The van der Waals surface area contributed by atoms with Crippen molar-refractivity contribution in [2.75, 3.05) is 20.1 Å². The standard InChI is InChI=1S/C12H15ClN4O/c1-17(7-6-14)8-11-15-16-12(18-11)9-4-2-3-5-10(9)13/h2-5H,6-8,14H2,1H3. The maximum Gasteiger partial charge on any atom is 0.249 e. The van der Waals surface area contributed by atoms with Crippen LogP contribution >= 0.6 is 11.6 Å². The van der Waals surface area contributed by atoms with Crippen molar-refractivity contribution in [3.63, 3.8) is 0 Å². The zero-order chi connectivity index (χ0) is 13.0. The van der Waals surface area contributed by atoms with Crippen LogP contribution in [0.3, 0.4) is 0 Å². The van der Waals surface area contributed by atoms with E-state index in [0.29, 0.717) is 29.9 Å². The van der Waals surface area contributed by atoms with E-state index < -0.39 is 0 Å². The van der Waals surface area contributed by atoms with Crippen LogP contribution in [0.25, 0.3) is 11.5 Å². The number of nitrogens with zero attached hydrogens (tertiary/aromatic N) is 3. The van der Waals surface area contributed by atoms with Gasteiger partial charge in [-0.25, -0.2) is 0 Å². The minimum absolute atomic E-state index is 0.441. The second-order valence-corrected chi connectivity index (χ2v) is 4.41. The average Bonchev–Trinajstić information content (AvgIpc) is 2.78. The first-order valence-electron chi connectivity index (χ1n) is 5.66. The Labute approximate surface area is 111 Å². The highest BCUT2D eigenvalue weighted by Gasteiger charge is 2.12. The lowest BCUT2D eigenvalue weighted by Crippen LogP contribution is -2.25. The zero-order valence-corrected chi connectivity index (χ0v) is 10.9. The first-order valence-corrected chi connectivity index (χ1v) is 6.04. The Morgan fingerprint density at radius 2 is 2.11 bits per heavy atom. The molecule has 0 unspecified atom stereocenters. The fraction of sp³-hybridized carbons (Fsp3) is 0.333. The Morgan fingerprint density at radius 3 is 2.83 bits per heavy atom. The van der Waals surface area contributed by atoms with E-state index in [1.165, 1.54) is 0 Å². The summed E-state index contributed by atoms with van der Waals surface area (Å²) < 4.78 is 5.58. The molecule has 0 spiro atoms. The third kappa shape index (κ3) is 3.07. The number of likely N-dealkylation sites (N-methyl/N-ethyl adjacent to an activating group) is 1. The minimum Gasteiger partial charge on any atom is -0.419 e. The van der Waals surface area contributed by atoms with E-state index >= 15 is 0 Å². The first-order chi connectivity index (χ1) is 8.70. The van der Waals surface area contributed by atoms with Crippen LogP contribution in [0.1, 0.15) is 5.89 Å². The molecule has 1 aromatic heterocycles. The minimum atomic E-state index is 0.441. The summed E-state index contributed by atoms with van der Waals surface area (Å²) >= 11 is 6.07. The molecule has 0 saturated carbocycles. The van der Waals surface area contributed by atoms with Crippen LogP contribution in [0.2, 0.25) is 5.02 Å². The summed E-state index contributed by atoms with van der Waals surface area (Å²) in [6.07, 6.45) is 0. The summed E-state index contributed by atoms with van der Waals surface area (Å²) in [4.78, 5) is 2.02. The second-order valence-electron chi connectivity index (χ2n) is 4.01. The van der Waals surface area contributed by atoms with Crippen LogP contribution in [0.4, 0.5) is 0 Å². The topological polar surface area (TPSA) is 68.2 Å². The summed E-state index contributed by atoms with van der Waals surface area (Å²) in [5, 5.41) is 8.60. The summed E-state index contributed by atoms with van der Waals surface area (Å²) in [6, 6.07) is 7.38. The Balaban J connectivity index is 2.13. The fourth-order valence-corrected chi connectivity index (χ4v) is 1.81. The maximum atomic E-state index is 6.07. The third-order valence-corrected chi connectivity index (χ3v) is 2.82. The number of aromatic nitrogens is 2. The molecule has 0 fully saturated rings. The zero-order valence-electron chi connectivity index (χ0n) is 10.1. The van der Waals surface area contributed by atoms with Gasteiger partial charge in [0.05, 0.1) is 17.1 Å². The second kappa shape index (κ2) is 5.95. The molecule has 0 aliphatic heterocycles. The summed E-state index contributed by atoms with van der Waals surface area (Å²) in [6.45, 7) is 1.96. The van der Waals surface area contributed by atoms with Gasteiger partial charge in [0.1, 0.15) is 0 Å². The molecule has 1 aromatic carbocycles. The van der Waals surface area contributed by atoms with Crippen molar-refractivity contribution in [3.05, 3.63) is 35.2 Å². The monoisotopic (exact) mass is 266 g/mol. The third-order valence-electron chi connectivity index (χ3n) is 2.49. The predicted molar refractivity (Wildman–Crippen MR) is 70.1 cm³/mol. The quantitative estimate of drug-likeness (QED) is 0.893. The molecule has 2 aromatic rings. The van der Waals surface area contributed by atoms with Gasteiger partial charge in [-0.2, -0.15) is 0 Å². The predicted octanol–water partition coefficient (Wildman–Crippen LogP) is 1.78. The molecule has 0 bridgehead atoms. The lowest BCUT2D eigenvalue weighted by Gasteiger charge is -2.11.